The van der Waals surface area contributed by atoms with Crippen molar-refractivity contribution in [1.29, 1.82) is 0 Å². The van der Waals surface area contributed by atoms with Gasteiger partial charge in [-0.25, -0.2) is 8.42 Å². The molecule has 2 aromatic carbocycles. The molecule has 0 atom stereocenters. The molecule has 0 aromatic heterocycles. The summed E-state index contributed by atoms with van der Waals surface area (Å²) in [6, 6.07) is 12.0. The van der Waals surface area contributed by atoms with Crippen molar-refractivity contribution in [2.24, 2.45) is 0 Å². The Morgan fingerprint density at radius 2 is 1.52 bits per heavy atom. The van der Waals surface area contributed by atoms with Crippen molar-refractivity contribution < 1.29 is 27.4 Å². The lowest BCUT2D eigenvalue weighted by Crippen LogP contribution is -2.41. The van der Waals surface area contributed by atoms with Crippen LogP contribution in [-0.2, 0) is 21.4 Å². The highest BCUT2D eigenvalue weighted by atomic mass is 32.2. The number of carbonyl (C=O) groups excluding carboxylic acids is 1. The zero-order chi connectivity index (χ0) is 21.6. The van der Waals surface area contributed by atoms with E-state index in [0.29, 0.717) is 18.0 Å². The zero-order valence-corrected chi connectivity index (χ0v) is 18.0. The second-order valence-electron chi connectivity index (χ2n) is 6.41. The van der Waals surface area contributed by atoms with Crippen molar-refractivity contribution in [3.8, 4) is 17.2 Å². The van der Waals surface area contributed by atoms with Gasteiger partial charge in [0.2, 0.25) is 15.9 Å². The van der Waals surface area contributed by atoms with E-state index in [1.54, 1.807) is 44.5 Å². The highest BCUT2D eigenvalue weighted by molar-refractivity contribution is 7.92. The predicted octanol–water partition coefficient (Wildman–Crippen LogP) is 2.14. The minimum absolute atomic E-state index is 0.266. The SMILES string of the molecule is COc1ccc(CN(C)C(=O)CN(c2ccc(OC)cc2OC)S(C)(=O)=O)cc1. The summed E-state index contributed by atoms with van der Waals surface area (Å²) in [4.78, 5) is 14.2. The highest BCUT2D eigenvalue weighted by Crippen LogP contribution is 2.33. The van der Waals surface area contributed by atoms with Gasteiger partial charge >= 0.3 is 0 Å². The number of anilines is 1. The summed E-state index contributed by atoms with van der Waals surface area (Å²) >= 11 is 0. The molecule has 0 bridgehead atoms. The number of hydrogen-bond donors (Lipinski definition) is 0. The maximum Gasteiger partial charge on any atom is 0.243 e. The lowest BCUT2D eigenvalue weighted by atomic mass is 10.2. The van der Waals surface area contributed by atoms with Gasteiger partial charge in [0.1, 0.15) is 23.8 Å². The van der Waals surface area contributed by atoms with Crippen LogP contribution in [0.4, 0.5) is 5.69 Å². The Morgan fingerprint density at radius 3 is 2.03 bits per heavy atom. The minimum atomic E-state index is -3.73. The van der Waals surface area contributed by atoms with Crippen molar-refractivity contribution >= 4 is 21.6 Å². The van der Waals surface area contributed by atoms with E-state index in [1.165, 1.54) is 19.1 Å². The van der Waals surface area contributed by atoms with Gasteiger partial charge in [-0.15, -0.1) is 0 Å². The molecule has 0 N–H and O–H groups in total. The van der Waals surface area contributed by atoms with E-state index >= 15 is 0 Å². The van der Waals surface area contributed by atoms with E-state index in [2.05, 4.69) is 0 Å². The van der Waals surface area contributed by atoms with Gasteiger partial charge in [0, 0.05) is 19.7 Å². The Balaban J connectivity index is 2.22. The largest absolute Gasteiger partial charge is 0.497 e. The Kier molecular flexibility index (Phi) is 7.33. The molecule has 0 saturated carbocycles. The fourth-order valence-corrected chi connectivity index (χ4v) is 3.56. The van der Waals surface area contributed by atoms with Crippen molar-refractivity contribution in [2.75, 3.05) is 45.5 Å². The molecule has 0 saturated heterocycles. The average Bonchev–Trinajstić information content (AvgIpc) is 2.71. The molecule has 0 radical (unpaired) electrons. The van der Waals surface area contributed by atoms with E-state index in [4.69, 9.17) is 14.2 Å². The molecular formula is C20H26N2O6S. The number of ether oxygens (including phenoxy) is 3. The van der Waals surface area contributed by atoms with E-state index in [9.17, 15) is 13.2 Å². The molecule has 2 rings (SSSR count). The second kappa shape index (κ2) is 9.51. The lowest BCUT2D eigenvalue weighted by molar-refractivity contribution is -0.128. The van der Waals surface area contributed by atoms with Gasteiger partial charge in [-0.2, -0.15) is 0 Å². The Morgan fingerprint density at radius 1 is 0.931 bits per heavy atom. The monoisotopic (exact) mass is 422 g/mol. The summed E-state index contributed by atoms with van der Waals surface area (Å²) < 4.78 is 41.4. The third kappa shape index (κ3) is 5.77. The van der Waals surface area contributed by atoms with Gasteiger partial charge in [0.05, 0.1) is 33.3 Å². The zero-order valence-electron chi connectivity index (χ0n) is 17.2. The number of hydrogen-bond acceptors (Lipinski definition) is 6. The summed E-state index contributed by atoms with van der Waals surface area (Å²) in [5.41, 5.74) is 1.16. The molecule has 29 heavy (non-hydrogen) atoms. The molecule has 9 heteroatoms. The Hall–Kier alpha value is -2.94. The van der Waals surface area contributed by atoms with Crippen molar-refractivity contribution in [3.63, 3.8) is 0 Å². The van der Waals surface area contributed by atoms with Crippen molar-refractivity contribution in [1.82, 2.24) is 4.90 Å². The van der Waals surface area contributed by atoms with Gasteiger partial charge in [-0.3, -0.25) is 9.10 Å². The molecule has 0 unspecified atom stereocenters. The number of amides is 1. The van der Waals surface area contributed by atoms with Crippen LogP contribution in [0.25, 0.3) is 0 Å². The topological polar surface area (TPSA) is 85.4 Å². The molecule has 0 aliphatic heterocycles. The molecule has 0 spiro atoms. The maximum atomic E-state index is 12.8. The molecule has 0 aliphatic rings. The smallest absolute Gasteiger partial charge is 0.243 e. The molecule has 158 valence electrons. The van der Waals surface area contributed by atoms with Crippen molar-refractivity contribution in [2.45, 2.75) is 6.54 Å². The molecule has 0 aliphatic carbocycles. The minimum Gasteiger partial charge on any atom is -0.497 e. The maximum absolute atomic E-state index is 12.8. The van der Waals surface area contributed by atoms with Crippen LogP contribution >= 0.6 is 0 Å². The van der Waals surface area contributed by atoms with Crippen LogP contribution in [-0.4, -0.2) is 60.4 Å². The standard InChI is InChI=1S/C20H26N2O6S/c1-21(13-15-6-8-16(26-2)9-7-15)20(23)14-22(29(5,24)25)18-11-10-17(27-3)12-19(18)28-4/h6-12H,13-14H2,1-5H3. The first-order valence-electron chi connectivity index (χ1n) is 8.76. The Bertz CT molecular complexity index is 944. The molecule has 8 nitrogen and oxygen atoms in total. The lowest BCUT2D eigenvalue weighted by Gasteiger charge is -2.26. The van der Waals surface area contributed by atoms with Crippen LogP contribution in [0.3, 0.4) is 0 Å². The quantitative estimate of drug-likeness (QED) is 0.616. The van der Waals surface area contributed by atoms with Gasteiger partial charge in [-0.1, -0.05) is 12.1 Å². The van der Waals surface area contributed by atoms with Gasteiger partial charge in [-0.05, 0) is 29.8 Å². The van der Waals surface area contributed by atoms with Gasteiger partial charge in [0.15, 0.2) is 0 Å². The second-order valence-corrected chi connectivity index (χ2v) is 8.31. The molecule has 0 fully saturated rings. The first-order valence-corrected chi connectivity index (χ1v) is 10.6. The molecule has 1 amide bonds. The third-order valence-corrected chi connectivity index (χ3v) is 5.47. The third-order valence-electron chi connectivity index (χ3n) is 4.34. The van der Waals surface area contributed by atoms with Crippen LogP contribution in [0, 0.1) is 0 Å². The normalized spacial score (nSPS) is 10.9. The molecule has 0 heterocycles. The van der Waals surface area contributed by atoms with Gasteiger partial charge < -0.3 is 19.1 Å². The van der Waals surface area contributed by atoms with Crippen LogP contribution in [0.1, 0.15) is 5.56 Å². The fourth-order valence-electron chi connectivity index (χ4n) is 2.71. The first-order chi connectivity index (χ1) is 13.7. The average molecular weight is 423 g/mol. The van der Waals surface area contributed by atoms with Crippen LogP contribution < -0.4 is 18.5 Å². The number of sulfonamides is 1. The fraction of sp³-hybridized carbons (Fsp3) is 0.350. The van der Waals surface area contributed by atoms with E-state index in [1.807, 2.05) is 12.1 Å². The van der Waals surface area contributed by atoms with Crippen LogP contribution in [0.5, 0.6) is 17.2 Å². The summed E-state index contributed by atoms with van der Waals surface area (Å²) in [5.74, 6) is 1.17. The van der Waals surface area contributed by atoms with E-state index < -0.39 is 10.0 Å². The van der Waals surface area contributed by atoms with Crippen molar-refractivity contribution in [3.05, 3.63) is 48.0 Å². The number of rotatable bonds is 9. The highest BCUT2D eigenvalue weighted by Gasteiger charge is 2.25. The van der Waals surface area contributed by atoms with E-state index in [0.717, 1.165) is 21.9 Å². The summed E-state index contributed by atoms with van der Waals surface area (Å²) in [7, 11) is 2.40. The summed E-state index contributed by atoms with van der Waals surface area (Å²) in [6.07, 6.45) is 1.05. The number of likely N-dealkylation sites (N-methyl/N-ethyl adjacent to an activating group) is 1. The van der Waals surface area contributed by atoms with Crippen LogP contribution in [0.2, 0.25) is 0 Å². The molecular weight excluding hydrogens is 396 g/mol. The summed E-state index contributed by atoms with van der Waals surface area (Å²) in [5, 5.41) is 0. The van der Waals surface area contributed by atoms with E-state index in [-0.39, 0.29) is 18.1 Å². The number of carbonyl (C=O) groups is 1. The van der Waals surface area contributed by atoms with Crippen LogP contribution in [0.15, 0.2) is 42.5 Å². The number of methoxy groups -OCH3 is 3. The first kappa shape index (κ1) is 22.4. The Labute approximate surface area is 171 Å². The summed E-state index contributed by atoms with van der Waals surface area (Å²) in [6.45, 7) is -0.0195. The van der Waals surface area contributed by atoms with Gasteiger partial charge in [0.25, 0.3) is 0 Å². The predicted molar refractivity (Wildman–Crippen MR) is 111 cm³/mol. The number of nitrogens with zero attached hydrogens (tertiary/aromatic N) is 2. The molecule has 2 aromatic rings. The number of benzene rings is 2.